The number of Topliss-reactive ketones (excluding diaryl/α,β-unsaturated/α-hetero) is 1. The maximum atomic E-state index is 13.3. The third kappa shape index (κ3) is 3.69. The van der Waals surface area contributed by atoms with Crippen LogP contribution in [0.25, 0.3) is 16.5 Å². The lowest BCUT2D eigenvalue weighted by atomic mass is 9.93. The van der Waals surface area contributed by atoms with Crippen molar-refractivity contribution in [3.63, 3.8) is 0 Å². The van der Waals surface area contributed by atoms with E-state index < -0.39 is 17.7 Å². The number of rotatable bonds is 3. The van der Waals surface area contributed by atoms with Gasteiger partial charge in [0.2, 0.25) is 0 Å². The van der Waals surface area contributed by atoms with Gasteiger partial charge in [0, 0.05) is 21.3 Å². The number of hydrogen-bond donors (Lipinski definition) is 2. The minimum Gasteiger partial charge on any atom is -0.508 e. The van der Waals surface area contributed by atoms with E-state index in [0.29, 0.717) is 26.9 Å². The third-order valence-corrected chi connectivity index (χ3v) is 6.26. The summed E-state index contributed by atoms with van der Waals surface area (Å²) in [6, 6.07) is 22.6. The Bertz CT molecular complexity index is 1470. The molecule has 1 aliphatic heterocycles. The Balaban J connectivity index is 1.79. The van der Waals surface area contributed by atoms with Gasteiger partial charge >= 0.3 is 0 Å². The summed E-state index contributed by atoms with van der Waals surface area (Å²) in [6.45, 7) is 0. The molecule has 7 heteroatoms. The lowest BCUT2D eigenvalue weighted by Crippen LogP contribution is -2.29. The molecule has 1 atom stereocenters. The van der Waals surface area contributed by atoms with Crippen LogP contribution in [0.2, 0.25) is 10.0 Å². The Kier molecular flexibility index (Phi) is 5.52. The largest absolute Gasteiger partial charge is 0.508 e. The van der Waals surface area contributed by atoms with Crippen LogP contribution in [0.4, 0.5) is 5.69 Å². The zero-order chi connectivity index (χ0) is 24.0. The summed E-state index contributed by atoms with van der Waals surface area (Å²) in [5.74, 6) is -1.91. The Labute approximate surface area is 205 Å². The van der Waals surface area contributed by atoms with Gasteiger partial charge in [0.1, 0.15) is 11.5 Å². The molecule has 5 nitrogen and oxygen atoms in total. The van der Waals surface area contributed by atoms with Crippen LogP contribution < -0.4 is 4.90 Å². The van der Waals surface area contributed by atoms with Crippen LogP contribution in [0.3, 0.4) is 0 Å². The van der Waals surface area contributed by atoms with Crippen molar-refractivity contribution in [2.75, 3.05) is 4.90 Å². The van der Waals surface area contributed by atoms with Crippen LogP contribution in [0.1, 0.15) is 17.2 Å². The van der Waals surface area contributed by atoms with Crippen LogP contribution in [0.15, 0.2) is 90.5 Å². The van der Waals surface area contributed by atoms with Crippen LogP contribution in [-0.2, 0) is 9.59 Å². The number of nitrogens with zero attached hydrogens (tertiary/aromatic N) is 1. The van der Waals surface area contributed by atoms with Crippen molar-refractivity contribution in [3.05, 3.63) is 112 Å². The van der Waals surface area contributed by atoms with E-state index in [1.807, 2.05) is 30.3 Å². The molecule has 1 saturated heterocycles. The maximum Gasteiger partial charge on any atom is 0.300 e. The van der Waals surface area contributed by atoms with Gasteiger partial charge in [0.15, 0.2) is 0 Å². The number of benzene rings is 4. The lowest BCUT2D eigenvalue weighted by Gasteiger charge is -2.26. The van der Waals surface area contributed by atoms with Gasteiger partial charge in [0.05, 0.1) is 11.6 Å². The molecule has 4 aromatic rings. The molecule has 1 amide bonds. The van der Waals surface area contributed by atoms with Crippen molar-refractivity contribution < 1.29 is 19.8 Å². The van der Waals surface area contributed by atoms with E-state index in [4.69, 9.17) is 23.2 Å². The highest BCUT2D eigenvalue weighted by atomic mass is 35.5. The lowest BCUT2D eigenvalue weighted by molar-refractivity contribution is -0.132. The van der Waals surface area contributed by atoms with Crippen LogP contribution in [0.5, 0.6) is 5.75 Å². The number of carbonyl (C=O) groups excluding carboxylic acids is 2. The predicted molar refractivity (Wildman–Crippen MR) is 133 cm³/mol. The minimum atomic E-state index is -0.964. The second kappa shape index (κ2) is 8.52. The molecule has 168 valence electrons. The second-order valence-corrected chi connectivity index (χ2v) is 8.79. The number of carbonyl (C=O) groups is 2. The van der Waals surface area contributed by atoms with Gasteiger partial charge in [-0.2, -0.15) is 0 Å². The molecular weight excluding hydrogens is 473 g/mol. The first-order valence-electron chi connectivity index (χ1n) is 10.4. The van der Waals surface area contributed by atoms with Crippen LogP contribution >= 0.6 is 23.2 Å². The number of aliphatic hydroxyl groups is 1. The second-order valence-electron chi connectivity index (χ2n) is 7.91. The molecule has 0 bridgehead atoms. The fourth-order valence-corrected chi connectivity index (χ4v) is 4.84. The maximum absolute atomic E-state index is 13.3. The summed E-state index contributed by atoms with van der Waals surface area (Å²) < 4.78 is 0. The van der Waals surface area contributed by atoms with E-state index in [1.165, 1.54) is 35.2 Å². The van der Waals surface area contributed by atoms with Crippen molar-refractivity contribution in [1.29, 1.82) is 0 Å². The zero-order valence-corrected chi connectivity index (χ0v) is 19.1. The van der Waals surface area contributed by atoms with Crippen molar-refractivity contribution >= 4 is 57.1 Å². The molecule has 0 aliphatic carbocycles. The van der Waals surface area contributed by atoms with E-state index in [0.717, 1.165) is 10.8 Å². The number of anilines is 1. The molecule has 1 unspecified atom stereocenters. The fourth-order valence-electron chi connectivity index (χ4n) is 4.33. The zero-order valence-electron chi connectivity index (χ0n) is 17.6. The minimum absolute atomic E-state index is 0.0283. The van der Waals surface area contributed by atoms with E-state index in [9.17, 15) is 19.8 Å². The number of amides is 1. The van der Waals surface area contributed by atoms with Gasteiger partial charge < -0.3 is 10.2 Å². The molecule has 1 heterocycles. The van der Waals surface area contributed by atoms with E-state index in [1.54, 1.807) is 24.3 Å². The molecule has 0 radical (unpaired) electrons. The number of fused-ring (bicyclic) bond motifs is 1. The smallest absolute Gasteiger partial charge is 0.300 e. The first-order valence-corrected chi connectivity index (χ1v) is 11.1. The quantitative estimate of drug-likeness (QED) is 0.196. The van der Waals surface area contributed by atoms with Crippen molar-refractivity contribution in [3.8, 4) is 5.75 Å². The highest BCUT2D eigenvalue weighted by molar-refractivity contribution is 6.52. The monoisotopic (exact) mass is 489 g/mol. The summed E-state index contributed by atoms with van der Waals surface area (Å²) in [7, 11) is 0. The van der Waals surface area contributed by atoms with Crippen molar-refractivity contribution in [1.82, 2.24) is 0 Å². The topological polar surface area (TPSA) is 77.8 Å². The van der Waals surface area contributed by atoms with Crippen molar-refractivity contribution in [2.24, 2.45) is 0 Å². The molecule has 0 aromatic heterocycles. The normalized spacial score (nSPS) is 17.5. The number of phenols is 1. The van der Waals surface area contributed by atoms with Crippen molar-refractivity contribution in [2.45, 2.75) is 6.04 Å². The summed E-state index contributed by atoms with van der Waals surface area (Å²) in [5, 5.41) is 23.4. The number of halogens is 2. The molecule has 0 saturated carbocycles. The number of ketones is 1. The number of aromatic hydroxyl groups is 1. The van der Waals surface area contributed by atoms with Gasteiger partial charge in [0.25, 0.3) is 11.7 Å². The molecule has 4 aromatic carbocycles. The summed E-state index contributed by atoms with van der Waals surface area (Å²) in [4.78, 5) is 27.9. The molecular formula is C27H17Cl2NO4. The van der Waals surface area contributed by atoms with Crippen LogP contribution in [-0.4, -0.2) is 21.9 Å². The average Bonchev–Trinajstić information content (AvgIpc) is 3.08. The highest BCUT2D eigenvalue weighted by Crippen LogP contribution is 2.44. The summed E-state index contributed by atoms with van der Waals surface area (Å²) in [6.07, 6.45) is 0. The van der Waals surface area contributed by atoms with Gasteiger partial charge in [-0.1, -0.05) is 77.8 Å². The Morgan fingerprint density at radius 2 is 1.47 bits per heavy atom. The number of phenolic OH excluding ortho intramolecular Hbond substituents is 1. The molecule has 1 aliphatic rings. The summed E-state index contributed by atoms with van der Waals surface area (Å²) >= 11 is 12.4. The number of aliphatic hydroxyl groups excluding tert-OH is 1. The standard InChI is InChI=1S/C27H17Cl2NO4/c28-17-12-18(29)14-19(13-17)30-24(16-8-10-20(31)11-9-16)23(26(33)27(30)34)25(32)22-7-3-5-15-4-1-2-6-21(15)22/h1-14,24,31-32H/b25-23-. The highest BCUT2D eigenvalue weighted by Gasteiger charge is 2.47. The molecule has 5 rings (SSSR count). The molecule has 2 N–H and O–H groups in total. The van der Waals surface area contributed by atoms with E-state index in [-0.39, 0.29) is 17.1 Å². The Morgan fingerprint density at radius 1 is 0.824 bits per heavy atom. The third-order valence-electron chi connectivity index (χ3n) is 5.82. The van der Waals surface area contributed by atoms with E-state index >= 15 is 0 Å². The van der Waals surface area contributed by atoms with Gasteiger partial charge in [-0.25, -0.2) is 0 Å². The average molecular weight is 490 g/mol. The number of hydrogen-bond acceptors (Lipinski definition) is 4. The molecule has 1 fully saturated rings. The Hall–Kier alpha value is -3.80. The van der Waals surface area contributed by atoms with Gasteiger partial charge in [-0.05, 0) is 46.7 Å². The molecule has 34 heavy (non-hydrogen) atoms. The van der Waals surface area contributed by atoms with E-state index in [2.05, 4.69) is 0 Å². The first kappa shape index (κ1) is 22.0. The SMILES string of the molecule is O=C1C(=O)N(c2cc(Cl)cc(Cl)c2)C(c2ccc(O)cc2)/C1=C(/O)c1cccc2ccccc12. The summed E-state index contributed by atoms with van der Waals surface area (Å²) in [5.41, 5.74) is 1.21. The van der Waals surface area contributed by atoms with Gasteiger partial charge in [-0.3, -0.25) is 14.5 Å². The Morgan fingerprint density at radius 3 is 2.18 bits per heavy atom. The van der Waals surface area contributed by atoms with Gasteiger partial charge in [-0.15, -0.1) is 0 Å². The first-order chi connectivity index (χ1) is 16.3. The predicted octanol–water partition coefficient (Wildman–Crippen LogP) is 6.48. The fraction of sp³-hybridized carbons (Fsp3) is 0.0370. The van der Waals surface area contributed by atoms with Crippen LogP contribution in [0, 0.1) is 0 Å². The molecule has 0 spiro atoms.